The molecule has 0 saturated carbocycles. The van der Waals surface area contributed by atoms with E-state index in [1.807, 2.05) is 56.7 Å². The van der Waals surface area contributed by atoms with Crippen LogP contribution in [-0.2, 0) is 18.3 Å². The number of nitrogens with zero attached hydrogens (tertiary/aromatic N) is 3. The summed E-state index contributed by atoms with van der Waals surface area (Å²) in [5, 5.41) is 15.4. The maximum atomic E-state index is 12.4. The molecule has 2 aromatic heterocycles. The Kier molecular flexibility index (Phi) is 5.74. The molecule has 7 nitrogen and oxygen atoms in total. The van der Waals surface area contributed by atoms with Crippen molar-refractivity contribution in [2.45, 2.75) is 40.3 Å². The molecule has 0 amide bonds. The molecule has 0 aliphatic carbocycles. The van der Waals surface area contributed by atoms with E-state index in [4.69, 9.17) is 9.47 Å². The monoisotopic (exact) mass is 385 g/mol. The predicted molar refractivity (Wildman–Crippen MR) is 107 cm³/mol. The molecule has 0 aliphatic rings. The highest BCUT2D eigenvalue weighted by molar-refractivity contribution is 6.06. The van der Waals surface area contributed by atoms with Crippen molar-refractivity contribution in [2.24, 2.45) is 7.05 Å². The normalized spacial score (nSPS) is 12.4. The van der Waals surface area contributed by atoms with E-state index in [0.29, 0.717) is 24.5 Å². The van der Waals surface area contributed by atoms with Gasteiger partial charge in [-0.25, -0.2) is 4.79 Å². The summed E-state index contributed by atoms with van der Waals surface area (Å²) in [6, 6.07) is 7.54. The molecule has 0 aliphatic heterocycles. The molecule has 0 spiro atoms. The van der Waals surface area contributed by atoms with Crippen LogP contribution >= 0.6 is 0 Å². The Morgan fingerprint density at radius 2 is 2.00 bits per heavy atom. The maximum absolute atomic E-state index is 12.4. The van der Waals surface area contributed by atoms with E-state index in [9.17, 15) is 9.90 Å². The van der Waals surface area contributed by atoms with Crippen molar-refractivity contribution in [3.8, 4) is 5.75 Å². The largest absolute Gasteiger partial charge is 0.491 e. The highest BCUT2D eigenvalue weighted by Gasteiger charge is 2.20. The number of aliphatic hydroxyl groups excluding tert-OH is 1. The zero-order valence-corrected chi connectivity index (χ0v) is 17.0. The van der Waals surface area contributed by atoms with Gasteiger partial charge >= 0.3 is 5.97 Å². The number of aliphatic hydroxyl groups is 1. The molecule has 2 heterocycles. The molecule has 0 saturated heterocycles. The van der Waals surface area contributed by atoms with Crippen molar-refractivity contribution >= 4 is 16.9 Å². The predicted octanol–water partition coefficient (Wildman–Crippen LogP) is 2.92. The molecule has 1 N–H and O–H groups in total. The second-order valence-electron chi connectivity index (χ2n) is 6.99. The Labute approximate surface area is 164 Å². The van der Waals surface area contributed by atoms with Crippen molar-refractivity contribution in [3.63, 3.8) is 0 Å². The third-order valence-electron chi connectivity index (χ3n) is 4.87. The topological polar surface area (TPSA) is 78.5 Å². The van der Waals surface area contributed by atoms with E-state index in [-0.39, 0.29) is 12.6 Å². The Balaban J connectivity index is 1.77. The fraction of sp³-hybridized carbons (Fsp3) is 0.429. The molecule has 150 valence electrons. The van der Waals surface area contributed by atoms with Gasteiger partial charge in [0.2, 0.25) is 0 Å². The smallest absolute Gasteiger partial charge is 0.340 e. The minimum Gasteiger partial charge on any atom is -0.491 e. The zero-order valence-electron chi connectivity index (χ0n) is 17.0. The summed E-state index contributed by atoms with van der Waals surface area (Å²) in [5.41, 5.74) is 4.23. The van der Waals surface area contributed by atoms with Crippen LogP contribution in [0.5, 0.6) is 5.75 Å². The molecule has 0 fully saturated rings. The lowest BCUT2D eigenvalue weighted by molar-refractivity contribution is 0.0527. The number of carbonyl (C=O) groups excluding carboxylic acids is 1. The van der Waals surface area contributed by atoms with E-state index in [1.54, 1.807) is 11.6 Å². The lowest BCUT2D eigenvalue weighted by Crippen LogP contribution is -2.24. The summed E-state index contributed by atoms with van der Waals surface area (Å²) < 4.78 is 14.7. The van der Waals surface area contributed by atoms with Gasteiger partial charge in [-0.1, -0.05) is 0 Å². The first kappa shape index (κ1) is 19.9. The van der Waals surface area contributed by atoms with Crippen LogP contribution < -0.4 is 4.74 Å². The highest BCUT2D eigenvalue weighted by atomic mass is 16.5. The zero-order chi connectivity index (χ0) is 20.4. The van der Waals surface area contributed by atoms with Crippen LogP contribution in [0.4, 0.5) is 0 Å². The first-order chi connectivity index (χ1) is 13.3. The van der Waals surface area contributed by atoms with Gasteiger partial charge in [0.15, 0.2) is 0 Å². The van der Waals surface area contributed by atoms with Gasteiger partial charge in [0.25, 0.3) is 0 Å². The maximum Gasteiger partial charge on any atom is 0.340 e. The number of benzene rings is 1. The minimum absolute atomic E-state index is 0.129. The Morgan fingerprint density at radius 3 is 2.64 bits per heavy atom. The van der Waals surface area contributed by atoms with Gasteiger partial charge in [-0.3, -0.25) is 4.68 Å². The number of ether oxygens (including phenoxy) is 2. The van der Waals surface area contributed by atoms with E-state index < -0.39 is 6.10 Å². The molecule has 28 heavy (non-hydrogen) atoms. The fourth-order valence-corrected chi connectivity index (χ4v) is 3.41. The molecule has 1 atom stereocenters. The number of hydrogen-bond acceptors (Lipinski definition) is 5. The Bertz CT molecular complexity index is 1000. The summed E-state index contributed by atoms with van der Waals surface area (Å²) >= 11 is 0. The number of aryl methyl sites for hydroxylation is 3. The van der Waals surface area contributed by atoms with Crippen LogP contribution in [0.2, 0.25) is 0 Å². The summed E-state index contributed by atoms with van der Waals surface area (Å²) in [4.78, 5) is 12.4. The van der Waals surface area contributed by atoms with Gasteiger partial charge in [-0.15, -0.1) is 0 Å². The van der Waals surface area contributed by atoms with Crippen LogP contribution in [0.3, 0.4) is 0 Å². The third-order valence-corrected chi connectivity index (χ3v) is 4.87. The first-order valence-corrected chi connectivity index (χ1v) is 9.39. The molecular formula is C21H27N3O4. The van der Waals surface area contributed by atoms with Crippen LogP contribution in [0.1, 0.15) is 34.4 Å². The molecule has 3 aromatic rings. The van der Waals surface area contributed by atoms with E-state index in [0.717, 1.165) is 28.0 Å². The van der Waals surface area contributed by atoms with Gasteiger partial charge in [0.05, 0.1) is 24.4 Å². The Morgan fingerprint density at radius 1 is 1.25 bits per heavy atom. The molecule has 0 bridgehead atoms. The summed E-state index contributed by atoms with van der Waals surface area (Å²) in [5.74, 6) is 0.253. The van der Waals surface area contributed by atoms with E-state index >= 15 is 0 Å². The summed E-state index contributed by atoms with van der Waals surface area (Å²) in [6.45, 7) is 8.37. The van der Waals surface area contributed by atoms with Gasteiger partial charge in [-0.05, 0) is 52.0 Å². The molecule has 7 heteroatoms. The molecule has 1 aromatic carbocycles. The average Bonchev–Trinajstić information content (AvgIpc) is 3.09. The minimum atomic E-state index is -0.698. The van der Waals surface area contributed by atoms with Crippen molar-refractivity contribution in [2.75, 3.05) is 13.2 Å². The van der Waals surface area contributed by atoms with Gasteiger partial charge in [0.1, 0.15) is 18.5 Å². The van der Waals surface area contributed by atoms with Crippen LogP contribution in [0.15, 0.2) is 24.3 Å². The second kappa shape index (κ2) is 8.06. The summed E-state index contributed by atoms with van der Waals surface area (Å²) in [6.07, 6.45) is -0.698. The third kappa shape index (κ3) is 3.89. The number of esters is 1. The quantitative estimate of drug-likeness (QED) is 0.633. The number of aromatic nitrogens is 3. The van der Waals surface area contributed by atoms with Crippen LogP contribution in [0.25, 0.3) is 10.9 Å². The first-order valence-electron chi connectivity index (χ1n) is 9.39. The van der Waals surface area contributed by atoms with E-state index in [1.165, 1.54) is 0 Å². The molecule has 0 unspecified atom stereocenters. The average molecular weight is 385 g/mol. The molecule has 3 rings (SSSR count). The lowest BCUT2D eigenvalue weighted by Gasteiger charge is -2.14. The molecule has 0 radical (unpaired) electrons. The fourth-order valence-electron chi connectivity index (χ4n) is 3.41. The van der Waals surface area contributed by atoms with Gasteiger partial charge in [-0.2, -0.15) is 5.10 Å². The van der Waals surface area contributed by atoms with Gasteiger partial charge < -0.3 is 19.1 Å². The number of carbonyl (C=O) groups is 1. The van der Waals surface area contributed by atoms with E-state index in [2.05, 4.69) is 5.10 Å². The standard InChI is InChI=1S/C21H27N3O4/c1-6-27-21(26)20-15(4)23(5)19-8-7-17(10-18(19)20)28-12-16(25)11-24-14(3)9-13(2)22-24/h7-10,16,25H,6,11-12H2,1-5H3/t16-/m1/s1. The Hall–Kier alpha value is -2.80. The van der Waals surface area contributed by atoms with Crippen molar-refractivity contribution in [1.82, 2.24) is 14.3 Å². The second-order valence-corrected chi connectivity index (χ2v) is 6.99. The highest BCUT2D eigenvalue weighted by Crippen LogP contribution is 2.29. The SMILES string of the molecule is CCOC(=O)c1c(C)n(C)c2ccc(OC[C@H](O)Cn3nc(C)cc3C)cc12. The van der Waals surface area contributed by atoms with Crippen LogP contribution in [0, 0.1) is 20.8 Å². The number of rotatable bonds is 7. The number of fused-ring (bicyclic) bond motifs is 1. The van der Waals surface area contributed by atoms with Crippen molar-refractivity contribution < 1.29 is 19.4 Å². The number of hydrogen-bond donors (Lipinski definition) is 1. The van der Waals surface area contributed by atoms with Crippen LogP contribution in [-0.4, -0.2) is 44.7 Å². The van der Waals surface area contributed by atoms with Crippen molar-refractivity contribution in [3.05, 3.63) is 46.9 Å². The molecular weight excluding hydrogens is 358 g/mol. The van der Waals surface area contributed by atoms with Gasteiger partial charge in [0, 0.05) is 29.3 Å². The lowest BCUT2D eigenvalue weighted by atomic mass is 10.1. The van der Waals surface area contributed by atoms with Crippen molar-refractivity contribution in [1.29, 1.82) is 0 Å². The summed E-state index contributed by atoms with van der Waals surface area (Å²) in [7, 11) is 1.92.